The molecule has 0 unspecified atom stereocenters. The molecule has 0 bridgehead atoms. The molecule has 2 heteroatoms. The Bertz CT molecular complexity index is 235. The smallest absolute Gasteiger partial charge is 0.0587 e. The highest BCUT2D eigenvalue weighted by molar-refractivity contribution is 5.18. The second kappa shape index (κ2) is 6.57. The van der Waals surface area contributed by atoms with E-state index in [0.717, 1.165) is 19.7 Å². The van der Waals surface area contributed by atoms with Crippen LogP contribution in [0.3, 0.4) is 0 Å². The summed E-state index contributed by atoms with van der Waals surface area (Å²) in [6.07, 6.45) is 0. The summed E-state index contributed by atoms with van der Waals surface area (Å²) in [6.45, 7) is 4.94. The highest BCUT2D eigenvalue weighted by atomic mass is 16.5. The maximum Gasteiger partial charge on any atom is 0.0587 e. The van der Waals surface area contributed by atoms with Gasteiger partial charge in [-0.15, -0.1) is 0 Å². The SMILES string of the molecule is COCCNC[C@@H](C)c1ccccc1. The van der Waals surface area contributed by atoms with E-state index in [0.29, 0.717) is 5.92 Å². The van der Waals surface area contributed by atoms with Crippen molar-refractivity contribution < 1.29 is 4.74 Å². The molecule has 1 rings (SSSR count). The number of ether oxygens (including phenoxy) is 1. The lowest BCUT2D eigenvalue weighted by Crippen LogP contribution is -2.23. The zero-order valence-electron chi connectivity index (χ0n) is 8.99. The third-order valence-corrected chi connectivity index (χ3v) is 2.30. The van der Waals surface area contributed by atoms with Crippen molar-refractivity contribution in [3.05, 3.63) is 35.9 Å². The number of hydrogen-bond donors (Lipinski definition) is 1. The minimum atomic E-state index is 0.563. The van der Waals surface area contributed by atoms with Crippen LogP contribution >= 0.6 is 0 Å². The second-order valence-corrected chi connectivity index (χ2v) is 3.51. The van der Waals surface area contributed by atoms with Gasteiger partial charge in [0.15, 0.2) is 0 Å². The van der Waals surface area contributed by atoms with Crippen LogP contribution in [0.5, 0.6) is 0 Å². The van der Waals surface area contributed by atoms with Crippen molar-refractivity contribution in [2.24, 2.45) is 0 Å². The van der Waals surface area contributed by atoms with Crippen LogP contribution in [0.2, 0.25) is 0 Å². The van der Waals surface area contributed by atoms with Gasteiger partial charge >= 0.3 is 0 Å². The van der Waals surface area contributed by atoms with E-state index < -0.39 is 0 Å². The first-order valence-corrected chi connectivity index (χ1v) is 5.09. The molecule has 14 heavy (non-hydrogen) atoms. The first-order valence-electron chi connectivity index (χ1n) is 5.09. The summed E-state index contributed by atoms with van der Waals surface area (Å²) in [5.41, 5.74) is 1.39. The third-order valence-electron chi connectivity index (χ3n) is 2.30. The van der Waals surface area contributed by atoms with Crippen LogP contribution in [0.4, 0.5) is 0 Å². The molecule has 0 heterocycles. The van der Waals surface area contributed by atoms with Crippen LogP contribution in [-0.2, 0) is 4.74 Å². The zero-order chi connectivity index (χ0) is 10.2. The quantitative estimate of drug-likeness (QED) is 0.698. The van der Waals surface area contributed by atoms with Gasteiger partial charge in [0.25, 0.3) is 0 Å². The van der Waals surface area contributed by atoms with E-state index >= 15 is 0 Å². The third kappa shape index (κ3) is 3.90. The summed E-state index contributed by atoms with van der Waals surface area (Å²) in [5, 5.41) is 3.36. The van der Waals surface area contributed by atoms with Gasteiger partial charge in [-0.25, -0.2) is 0 Å². The van der Waals surface area contributed by atoms with Crippen molar-refractivity contribution in [1.82, 2.24) is 5.32 Å². The minimum Gasteiger partial charge on any atom is -0.383 e. The molecular weight excluding hydrogens is 174 g/mol. The van der Waals surface area contributed by atoms with Crippen molar-refractivity contribution in [3.63, 3.8) is 0 Å². The Hall–Kier alpha value is -0.860. The summed E-state index contributed by atoms with van der Waals surface area (Å²) in [4.78, 5) is 0. The van der Waals surface area contributed by atoms with Crippen LogP contribution in [-0.4, -0.2) is 26.8 Å². The number of rotatable bonds is 6. The molecular formula is C12H19NO. The molecule has 1 aromatic carbocycles. The van der Waals surface area contributed by atoms with Crippen molar-refractivity contribution >= 4 is 0 Å². The predicted octanol–water partition coefficient (Wildman–Crippen LogP) is 2.03. The van der Waals surface area contributed by atoms with Gasteiger partial charge in [0.2, 0.25) is 0 Å². The van der Waals surface area contributed by atoms with Crippen LogP contribution in [0, 0.1) is 0 Å². The molecule has 0 aliphatic carbocycles. The molecule has 0 amide bonds. The molecule has 0 aliphatic heterocycles. The van der Waals surface area contributed by atoms with Crippen LogP contribution in [0.25, 0.3) is 0 Å². The van der Waals surface area contributed by atoms with Crippen molar-refractivity contribution in [1.29, 1.82) is 0 Å². The van der Waals surface area contributed by atoms with E-state index in [2.05, 4.69) is 42.6 Å². The van der Waals surface area contributed by atoms with E-state index in [1.54, 1.807) is 7.11 Å². The van der Waals surface area contributed by atoms with Gasteiger partial charge in [0.05, 0.1) is 6.61 Å². The second-order valence-electron chi connectivity index (χ2n) is 3.51. The van der Waals surface area contributed by atoms with Crippen LogP contribution in [0.1, 0.15) is 18.4 Å². The topological polar surface area (TPSA) is 21.3 Å². The molecule has 1 atom stereocenters. The molecule has 78 valence electrons. The van der Waals surface area contributed by atoms with Gasteiger partial charge in [0, 0.05) is 20.2 Å². The standard InChI is InChI=1S/C12H19NO/c1-11(10-13-8-9-14-2)12-6-4-3-5-7-12/h3-7,11,13H,8-10H2,1-2H3/t11-/m1/s1. The Labute approximate surface area is 86.3 Å². The molecule has 0 radical (unpaired) electrons. The van der Waals surface area contributed by atoms with Gasteiger partial charge in [-0.05, 0) is 11.5 Å². The number of benzene rings is 1. The van der Waals surface area contributed by atoms with Gasteiger partial charge in [-0.3, -0.25) is 0 Å². The highest BCUT2D eigenvalue weighted by Gasteiger charge is 2.02. The van der Waals surface area contributed by atoms with Crippen molar-refractivity contribution in [2.75, 3.05) is 26.8 Å². The van der Waals surface area contributed by atoms with Crippen molar-refractivity contribution in [3.8, 4) is 0 Å². The summed E-state index contributed by atoms with van der Waals surface area (Å²) < 4.78 is 4.97. The lowest BCUT2D eigenvalue weighted by atomic mass is 10.0. The monoisotopic (exact) mass is 193 g/mol. The Morgan fingerprint density at radius 3 is 2.64 bits per heavy atom. The van der Waals surface area contributed by atoms with Gasteiger partial charge in [-0.1, -0.05) is 37.3 Å². The number of hydrogen-bond acceptors (Lipinski definition) is 2. The summed E-state index contributed by atoms with van der Waals surface area (Å²) in [7, 11) is 1.72. The Kier molecular flexibility index (Phi) is 5.27. The minimum absolute atomic E-state index is 0.563. The normalized spacial score (nSPS) is 12.7. The molecule has 0 fully saturated rings. The molecule has 0 saturated heterocycles. The largest absolute Gasteiger partial charge is 0.383 e. The van der Waals surface area contributed by atoms with Gasteiger partial charge in [-0.2, -0.15) is 0 Å². The molecule has 0 saturated carbocycles. The number of methoxy groups -OCH3 is 1. The van der Waals surface area contributed by atoms with E-state index in [4.69, 9.17) is 4.74 Å². The first-order chi connectivity index (χ1) is 6.84. The lowest BCUT2D eigenvalue weighted by Gasteiger charge is -2.12. The molecule has 1 N–H and O–H groups in total. The average Bonchev–Trinajstić information content (AvgIpc) is 2.25. The summed E-state index contributed by atoms with van der Waals surface area (Å²) in [5.74, 6) is 0.563. The van der Waals surface area contributed by atoms with E-state index in [9.17, 15) is 0 Å². The maximum atomic E-state index is 4.97. The zero-order valence-corrected chi connectivity index (χ0v) is 8.99. The predicted molar refractivity (Wildman–Crippen MR) is 59.6 cm³/mol. The average molecular weight is 193 g/mol. The Morgan fingerprint density at radius 1 is 1.29 bits per heavy atom. The molecule has 0 spiro atoms. The lowest BCUT2D eigenvalue weighted by molar-refractivity contribution is 0.199. The van der Waals surface area contributed by atoms with Crippen molar-refractivity contribution in [2.45, 2.75) is 12.8 Å². The fourth-order valence-corrected chi connectivity index (χ4v) is 1.39. The van der Waals surface area contributed by atoms with Gasteiger partial charge < -0.3 is 10.1 Å². The van der Waals surface area contributed by atoms with E-state index in [-0.39, 0.29) is 0 Å². The van der Waals surface area contributed by atoms with Crippen LogP contribution < -0.4 is 5.32 Å². The first kappa shape index (κ1) is 11.2. The summed E-state index contributed by atoms with van der Waals surface area (Å²) >= 11 is 0. The maximum absolute atomic E-state index is 4.97. The van der Waals surface area contributed by atoms with E-state index in [1.165, 1.54) is 5.56 Å². The van der Waals surface area contributed by atoms with Crippen LogP contribution in [0.15, 0.2) is 30.3 Å². The molecule has 2 nitrogen and oxygen atoms in total. The Balaban J connectivity index is 2.25. The van der Waals surface area contributed by atoms with E-state index in [1.807, 2.05) is 0 Å². The highest BCUT2D eigenvalue weighted by Crippen LogP contribution is 2.12. The molecule has 0 aromatic heterocycles. The molecule has 0 aliphatic rings. The molecule has 1 aromatic rings. The Morgan fingerprint density at radius 2 is 2.00 bits per heavy atom. The summed E-state index contributed by atoms with van der Waals surface area (Å²) in [6, 6.07) is 10.6. The fraction of sp³-hybridized carbons (Fsp3) is 0.500. The fourth-order valence-electron chi connectivity index (χ4n) is 1.39. The number of nitrogens with one attached hydrogen (secondary N) is 1. The van der Waals surface area contributed by atoms with Gasteiger partial charge in [0.1, 0.15) is 0 Å².